The first kappa shape index (κ1) is 21.5. The Labute approximate surface area is 174 Å². The van der Waals surface area contributed by atoms with Gasteiger partial charge < -0.3 is 19.8 Å². The van der Waals surface area contributed by atoms with E-state index in [1.54, 1.807) is 6.26 Å². The minimum atomic E-state index is 0. The van der Waals surface area contributed by atoms with Crippen molar-refractivity contribution in [2.24, 2.45) is 10.4 Å². The number of hydrogen-bond donors (Lipinski definition) is 2. The lowest BCUT2D eigenvalue weighted by Gasteiger charge is -2.37. The third-order valence-corrected chi connectivity index (χ3v) is 5.03. The number of furan rings is 1. The van der Waals surface area contributed by atoms with Gasteiger partial charge in [0.2, 0.25) is 0 Å². The maximum Gasteiger partial charge on any atom is 0.191 e. The van der Waals surface area contributed by atoms with Crippen molar-refractivity contribution in [3.05, 3.63) is 24.2 Å². The normalized spacial score (nSPS) is 21.4. The second-order valence-electron chi connectivity index (χ2n) is 7.51. The van der Waals surface area contributed by atoms with Crippen molar-refractivity contribution in [3.63, 3.8) is 0 Å². The Kier molecular flexibility index (Phi) is 8.69. The molecule has 1 aromatic heterocycles. The van der Waals surface area contributed by atoms with Crippen molar-refractivity contribution in [3.8, 4) is 0 Å². The number of nitrogens with one attached hydrogen (secondary N) is 2. The molecule has 0 bridgehead atoms. The van der Waals surface area contributed by atoms with Crippen LogP contribution in [-0.4, -0.2) is 56.8 Å². The number of likely N-dealkylation sites (tertiary alicyclic amines) is 1. The van der Waals surface area contributed by atoms with Crippen LogP contribution in [0.3, 0.4) is 0 Å². The van der Waals surface area contributed by atoms with Gasteiger partial charge in [-0.1, -0.05) is 13.3 Å². The number of aliphatic imine (C=N–C) groups is 1. The van der Waals surface area contributed by atoms with E-state index in [1.165, 1.54) is 19.3 Å². The fourth-order valence-electron chi connectivity index (χ4n) is 3.47. The van der Waals surface area contributed by atoms with E-state index in [2.05, 4.69) is 35.4 Å². The van der Waals surface area contributed by atoms with Crippen LogP contribution in [0.5, 0.6) is 0 Å². The maximum atomic E-state index is 5.72. The van der Waals surface area contributed by atoms with Crippen LogP contribution in [0.4, 0.5) is 0 Å². The Morgan fingerprint density at radius 2 is 2.04 bits per heavy atom. The fraction of sp³-hybridized carbons (Fsp3) is 0.737. The minimum absolute atomic E-state index is 0. The number of rotatable bonds is 7. The minimum Gasteiger partial charge on any atom is -0.468 e. The molecular formula is C19H33IN4O2. The molecule has 3 heterocycles. The second-order valence-corrected chi connectivity index (χ2v) is 7.51. The van der Waals surface area contributed by atoms with Crippen LogP contribution in [0, 0.1) is 5.41 Å². The lowest BCUT2D eigenvalue weighted by Crippen LogP contribution is -2.46. The van der Waals surface area contributed by atoms with E-state index >= 15 is 0 Å². The van der Waals surface area contributed by atoms with Crippen LogP contribution in [-0.2, 0) is 4.74 Å². The average Bonchev–Trinajstić information content (AvgIpc) is 3.13. The van der Waals surface area contributed by atoms with Crippen LogP contribution in [0.25, 0.3) is 0 Å². The monoisotopic (exact) mass is 476 g/mol. The van der Waals surface area contributed by atoms with E-state index < -0.39 is 0 Å². The van der Waals surface area contributed by atoms with E-state index in [0.29, 0.717) is 0 Å². The molecule has 2 N–H and O–H groups in total. The summed E-state index contributed by atoms with van der Waals surface area (Å²) in [6, 6.07) is 4.31. The summed E-state index contributed by atoms with van der Waals surface area (Å²) in [5, 5.41) is 6.88. The fourth-order valence-corrected chi connectivity index (χ4v) is 3.47. The SMILES string of the molecule is CCNC(=NCC1(C)COC1)NCC(c1ccco1)N1CCCCC1.I. The molecule has 148 valence electrons. The summed E-state index contributed by atoms with van der Waals surface area (Å²) in [7, 11) is 0. The van der Waals surface area contributed by atoms with Gasteiger partial charge in [0.15, 0.2) is 5.96 Å². The van der Waals surface area contributed by atoms with Crippen molar-refractivity contribution in [1.82, 2.24) is 15.5 Å². The molecule has 0 amide bonds. The van der Waals surface area contributed by atoms with Gasteiger partial charge in [-0.25, -0.2) is 0 Å². The van der Waals surface area contributed by atoms with Gasteiger partial charge in [-0.05, 0) is 45.0 Å². The summed E-state index contributed by atoms with van der Waals surface area (Å²) in [6.07, 6.45) is 5.63. The van der Waals surface area contributed by atoms with Gasteiger partial charge >= 0.3 is 0 Å². The zero-order valence-electron chi connectivity index (χ0n) is 16.0. The van der Waals surface area contributed by atoms with Gasteiger partial charge in [0, 0.05) is 18.5 Å². The zero-order chi connectivity index (χ0) is 17.5. The molecule has 0 aromatic carbocycles. The van der Waals surface area contributed by atoms with Gasteiger partial charge in [-0.2, -0.15) is 0 Å². The van der Waals surface area contributed by atoms with Crippen LogP contribution < -0.4 is 10.6 Å². The molecular weight excluding hydrogens is 443 g/mol. The number of halogens is 1. The molecule has 2 aliphatic heterocycles. The quantitative estimate of drug-likeness (QED) is 0.360. The predicted octanol–water partition coefficient (Wildman–Crippen LogP) is 3.02. The highest BCUT2D eigenvalue weighted by molar-refractivity contribution is 14.0. The summed E-state index contributed by atoms with van der Waals surface area (Å²) in [4.78, 5) is 7.30. The summed E-state index contributed by atoms with van der Waals surface area (Å²) < 4.78 is 11.1. The highest BCUT2D eigenvalue weighted by Crippen LogP contribution is 2.27. The topological polar surface area (TPSA) is 62.0 Å². The van der Waals surface area contributed by atoms with Gasteiger partial charge in [0.05, 0.1) is 32.1 Å². The molecule has 3 rings (SSSR count). The van der Waals surface area contributed by atoms with Gasteiger partial charge in [0.1, 0.15) is 5.76 Å². The summed E-state index contributed by atoms with van der Waals surface area (Å²) in [6.45, 7) is 10.6. The van der Waals surface area contributed by atoms with Crippen molar-refractivity contribution in [2.75, 3.05) is 45.9 Å². The molecule has 26 heavy (non-hydrogen) atoms. The van der Waals surface area contributed by atoms with Crippen molar-refractivity contribution >= 4 is 29.9 Å². The van der Waals surface area contributed by atoms with E-state index in [0.717, 1.165) is 57.7 Å². The Morgan fingerprint density at radius 3 is 2.62 bits per heavy atom. The molecule has 6 nitrogen and oxygen atoms in total. The predicted molar refractivity (Wildman–Crippen MR) is 115 cm³/mol. The average molecular weight is 476 g/mol. The van der Waals surface area contributed by atoms with E-state index in [9.17, 15) is 0 Å². The molecule has 2 fully saturated rings. The Balaban J connectivity index is 0.00000243. The third kappa shape index (κ3) is 5.85. The first-order valence-corrected chi connectivity index (χ1v) is 9.57. The molecule has 2 aliphatic rings. The van der Waals surface area contributed by atoms with E-state index in [-0.39, 0.29) is 35.4 Å². The lowest BCUT2D eigenvalue weighted by molar-refractivity contribution is -0.0945. The zero-order valence-corrected chi connectivity index (χ0v) is 18.3. The standard InChI is InChI=1S/C19H32N4O2.HI/c1-3-20-18(22-13-19(2)14-24-15-19)21-12-16(17-8-7-11-25-17)23-9-5-4-6-10-23;/h7-8,11,16H,3-6,9-10,12-15H2,1-2H3,(H2,20,21,22);1H. The molecule has 1 unspecified atom stereocenters. The molecule has 7 heteroatoms. The van der Waals surface area contributed by atoms with E-state index in [4.69, 9.17) is 14.1 Å². The summed E-state index contributed by atoms with van der Waals surface area (Å²) >= 11 is 0. The molecule has 0 spiro atoms. The summed E-state index contributed by atoms with van der Waals surface area (Å²) in [5.74, 6) is 1.91. The van der Waals surface area contributed by atoms with Crippen LogP contribution in [0.2, 0.25) is 0 Å². The van der Waals surface area contributed by atoms with Crippen molar-refractivity contribution in [1.29, 1.82) is 0 Å². The highest BCUT2D eigenvalue weighted by Gasteiger charge is 2.33. The van der Waals surface area contributed by atoms with Crippen LogP contribution in [0.1, 0.15) is 44.9 Å². The Morgan fingerprint density at radius 1 is 1.27 bits per heavy atom. The number of piperidine rings is 1. The van der Waals surface area contributed by atoms with E-state index in [1.807, 2.05) is 6.07 Å². The molecule has 2 saturated heterocycles. The van der Waals surface area contributed by atoms with Gasteiger partial charge in [-0.3, -0.25) is 9.89 Å². The largest absolute Gasteiger partial charge is 0.468 e. The smallest absolute Gasteiger partial charge is 0.191 e. The van der Waals surface area contributed by atoms with Crippen molar-refractivity contribution < 1.29 is 9.15 Å². The van der Waals surface area contributed by atoms with Gasteiger partial charge in [0.25, 0.3) is 0 Å². The first-order valence-electron chi connectivity index (χ1n) is 9.57. The highest BCUT2D eigenvalue weighted by atomic mass is 127. The van der Waals surface area contributed by atoms with Gasteiger partial charge in [-0.15, -0.1) is 24.0 Å². The van der Waals surface area contributed by atoms with Crippen LogP contribution in [0.15, 0.2) is 27.8 Å². The van der Waals surface area contributed by atoms with Crippen LogP contribution >= 0.6 is 24.0 Å². The molecule has 1 aromatic rings. The maximum absolute atomic E-state index is 5.72. The lowest BCUT2D eigenvalue weighted by atomic mass is 9.89. The number of ether oxygens (including phenoxy) is 1. The third-order valence-electron chi connectivity index (χ3n) is 5.03. The second kappa shape index (κ2) is 10.5. The first-order chi connectivity index (χ1) is 12.2. The Hall–Kier alpha value is -0.800. The molecule has 0 aliphatic carbocycles. The Bertz CT molecular complexity index is 540. The molecule has 1 atom stereocenters. The number of nitrogens with zero attached hydrogens (tertiary/aromatic N) is 2. The molecule has 0 saturated carbocycles. The number of hydrogen-bond acceptors (Lipinski definition) is 4. The number of guanidine groups is 1. The summed E-state index contributed by atoms with van der Waals surface area (Å²) in [5.41, 5.74) is 0.190. The molecule has 0 radical (unpaired) electrons. The van der Waals surface area contributed by atoms with Crippen molar-refractivity contribution in [2.45, 2.75) is 39.2 Å².